The first kappa shape index (κ1) is 14.2. The van der Waals surface area contributed by atoms with Crippen LogP contribution in [0.4, 0.5) is 10.5 Å². The average Bonchev–Trinajstić information content (AvgIpc) is 3.12. The van der Waals surface area contributed by atoms with Crippen LogP contribution >= 0.6 is 0 Å². The number of aryl methyl sites for hydroxylation is 2. The first-order chi connectivity index (χ1) is 10.7. The average molecular weight is 302 g/mol. The summed E-state index contributed by atoms with van der Waals surface area (Å²) in [5.74, 6) is 1.34. The second kappa shape index (κ2) is 6.38. The third-order valence-electron chi connectivity index (χ3n) is 3.25. The van der Waals surface area contributed by atoms with Crippen molar-refractivity contribution in [3.05, 3.63) is 36.2 Å². The lowest BCUT2D eigenvalue weighted by Crippen LogP contribution is -2.30. The van der Waals surface area contributed by atoms with Gasteiger partial charge in [0.2, 0.25) is 6.79 Å². The van der Waals surface area contributed by atoms with Crippen molar-refractivity contribution in [2.45, 2.75) is 19.9 Å². The number of amides is 2. The molecule has 1 aliphatic heterocycles. The number of nitrogens with zero attached hydrogens (tertiary/aromatic N) is 2. The van der Waals surface area contributed by atoms with Crippen LogP contribution in [0.25, 0.3) is 0 Å². The number of ether oxygens (including phenoxy) is 2. The molecule has 1 aliphatic rings. The maximum atomic E-state index is 11.8. The number of fused-ring (bicyclic) bond motifs is 1. The maximum Gasteiger partial charge on any atom is 0.319 e. The van der Waals surface area contributed by atoms with Crippen LogP contribution in [0.5, 0.6) is 11.5 Å². The summed E-state index contributed by atoms with van der Waals surface area (Å²) in [6, 6.07) is 7.02. The van der Waals surface area contributed by atoms with Crippen LogP contribution < -0.4 is 20.1 Å². The molecule has 116 valence electrons. The van der Waals surface area contributed by atoms with Gasteiger partial charge >= 0.3 is 6.03 Å². The molecule has 7 nitrogen and oxygen atoms in total. The van der Waals surface area contributed by atoms with Gasteiger partial charge in [0.1, 0.15) is 0 Å². The summed E-state index contributed by atoms with van der Waals surface area (Å²) in [6.07, 6.45) is 2.75. The van der Waals surface area contributed by atoms with E-state index >= 15 is 0 Å². The van der Waals surface area contributed by atoms with E-state index in [4.69, 9.17) is 9.47 Å². The van der Waals surface area contributed by atoms with Gasteiger partial charge in [-0.05, 0) is 31.5 Å². The zero-order chi connectivity index (χ0) is 15.4. The third-order valence-corrected chi connectivity index (χ3v) is 3.25. The van der Waals surface area contributed by atoms with Crippen LogP contribution in [-0.2, 0) is 6.54 Å². The molecule has 0 saturated heterocycles. The summed E-state index contributed by atoms with van der Waals surface area (Å²) < 4.78 is 12.4. The molecule has 0 spiro atoms. The van der Waals surface area contributed by atoms with Gasteiger partial charge in [-0.2, -0.15) is 5.10 Å². The second-order valence-electron chi connectivity index (χ2n) is 5.02. The Morgan fingerprint density at radius 3 is 3.00 bits per heavy atom. The predicted molar refractivity (Wildman–Crippen MR) is 81.2 cm³/mol. The Hall–Kier alpha value is -2.70. The normalized spacial score (nSPS) is 12.2. The van der Waals surface area contributed by atoms with Crippen LogP contribution in [0.2, 0.25) is 0 Å². The number of aromatic nitrogens is 2. The van der Waals surface area contributed by atoms with Gasteiger partial charge in [0, 0.05) is 31.0 Å². The Balaban J connectivity index is 1.41. The molecule has 1 aromatic heterocycles. The lowest BCUT2D eigenvalue weighted by molar-refractivity contribution is 0.174. The van der Waals surface area contributed by atoms with Gasteiger partial charge in [0.25, 0.3) is 0 Å². The van der Waals surface area contributed by atoms with Crippen molar-refractivity contribution in [3.63, 3.8) is 0 Å². The lowest BCUT2D eigenvalue weighted by atomic mass is 10.3. The van der Waals surface area contributed by atoms with E-state index in [0.29, 0.717) is 23.7 Å². The van der Waals surface area contributed by atoms with E-state index in [1.165, 1.54) is 0 Å². The number of carbonyl (C=O) groups excluding carboxylic acids is 1. The molecule has 2 N–H and O–H groups in total. The highest BCUT2D eigenvalue weighted by atomic mass is 16.7. The molecule has 22 heavy (non-hydrogen) atoms. The summed E-state index contributed by atoms with van der Waals surface area (Å²) >= 11 is 0. The Bertz CT molecular complexity index is 669. The predicted octanol–water partition coefficient (Wildman–Crippen LogP) is 2.13. The standard InChI is InChI=1S/C15H18N4O3/c1-11-5-8-19(18-11)7-2-6-16-15(20)17-12-3-4-13-14(9-12)22-10-21-13/h3-5,8-9H,2,6-7,10H2,1H3,(H2,16,17,20). The van der Waals surface area contributed by atoms with E-state index in [1.54, 1.807) is 18.2 Å². The fourth-order valence-corrected chi connectivity index (χ4v) is 2.18. The minimum absolute atomic E-state index is 0.220. The second-order valence-corrected chi connectivity index (χ2v) is 5.02. The van der Waals surface area contributed by atoms with E-state index in [-0.39, 0.29) is 12.8 Å². The van der Waals surface area contributed by atoms with Crippen LogP contribution in [0.1, 0.15) is 12.1 Å². The Morgan fingerprint density at radius 1 is 1.32 bits per heavy atom. The molecular formula is C15H18N4O3. The minimum atomic E-state index is -0.240. The molecule has 0 aliphatic carbocycles. The van der Waals surface area contributed by atoms with Crippen LogP contribution in [0.15, 0.2) is 30.5 Å². The monoisotopic (exact) mass is 302 g/mol. The number of hydrogen-bond donors (Lipinski definition) is 2. The maximum absolute atomic E-state index is 11.8. The highest BCUT2D eigenvalue weighted by Gasteiger charge is 2.13. The quantitative estimate of drug-likeness (QED) is 0.830. The Labute approximate surface area is 128 Å². The van der Waals surface area contributed by atoms with Gasteiger partial charge in [0.05, 0.1) is 5.69 Å². The van der Waals surface area contributed by atoms with Crippen molar-refractivity contribution in [2.75, 3.05) is 18.7 Å². The molecule has 3 rings (SSSR count). The van der Waals surface area contributed by atoms with E-state index < -0.39 is 0 Å². The molecule has 0 fully saturated rings. The van der Waals surface area contributed by atoms with E-state index in [1.807, 2.05) is 23.9 Å². The summed E-state index contributed by atoms with van der Waals surface area (Å²) in [7, 11) is 0. The van der Waals surface area contributed by atoms with Gasteiger partial charge in [-0.25, -0.2) is 4.79 Å². The SMILES string of the molecule is Cc1ccn(CCCNC(=O)Nc2ccc3c(c2)OCO3)n1. The Kier molecular flexibility index (Phi) is 4.13. The van der Waals surface area contributed by atoms with Gasteiger partial charge in [-0.1, -0.05) is 0 Å². The summed E-state index contributed by atoms with van der Waals surface area (Å²) in [5, 5.41) is 9.87. The molecule has 2 heterocycles. The van der Waals surface area contributed by atoms with Crippen molar-refractivity contribution in [1.29, 1.82) is 0 Å². The molecule has 2 aromatic rings. The van der Waals surface area contributed by atoms with Crippen LogP contribution in [-0.4, -0.2) is 29.1 Å². The fourth-order valence-electron chi connectivity index (χ4n) is 2.18. The van der Waals surface area contributed by atoms with Gasteiger partial charge in [0.15, 0.2) is 11.5 Å². The van der Waals surface area contributed by atoms with Crippen molar-refractivity contribution in [1.82, 2.24) is 15.1 Å². The first-order valence-electron chi connectivity index (χ1n) is 7.15. The van der Waals surface area contributed by atoms with Crippen molar-refractivity contribution in [3.8, 4) is 11.5 Å². The highest BCUT2D eigenvalue weighted by molar-refractivity contribution is 5.89. The zero-order valence-corrected chi connectivity index (χ0v) is 12.3. The number of hydrogen-bond acceptors (Lipinski definition) is 4. The molecule has 0 bridgehead atoms. The molecule has 1 aromatic carbocycles. The van der Waals surface area contributed by atoms with E-state index in [9.17, 15) is 4.79 Å². The number of nitrogens with one attached hydrogen (secondary N) is 2. The summed E-state index contributed by atoms with van der Waals surface area (Å²) in [5.41, 5.74) is 1.66. The molecule has 0 radical (unpaired) electrons. The highest BCUT2D eigenvalue weighted by Crippen LogP contribution is 2.34. The molecule has 0 unspecified atom stereocenters. The van der Waals surface area contributed by atoms with E-state index in [2.05, 4.69) is 15.7 Å². The van der Waals surface area contributed by atoms with Gasteiger partial charge in [-0.3, -0.25) is 4.68 Å². The molecule has 2 amide bonds. The number of urea groups is 1. The number of benzene rings is 1. The number of rotatable bonds is 5. The molecule has 0 atom stereocenters. The zero-order valence-electron chi connectivity index (χ0n) is 12.3. The largest absolute Gasteiger partial charge is 0.454 e. The number of anilines is 1. The lowest BCUT2D eigenvalue weighted by Gasteiger charge is -2.08. The molecule has 7 heteroatoms. The Morgan fingerprint density at radius 2 is 2.18 bits per heavy atom. The van der Waals surface area contributed by atoms with Crippen LogP contribution in [0.3, 0.4) is 0 Å². The third kappa shape index (κ3) is 3.49. The number of carbonyl (C=O) groups is 1. The molecule has 0 saturated carbocycles. The first-order valence-corrected chi connectivity index (χ1v) is 7.15. The van der Waals surface area contributed by atoms with Crippen molar-refractivity contribution >= 4 is 11.7 Å². The summed E-state index contributed by atoms with van der Waals surface area (Å²) in [6.45, 7) is 3.53. The van der Waals surface area contributed by atoms with Gasteiger partial charge < -0.3 is 20.1 Å². The smallest absolute Gasteiger partial charge is 0.319 e. The minimum Gasteiger partial charge on any atom is -0.454 e. The fraction of sp³-hybridized carbons (Fsp3) is 0.333. The van der Waals surface area contributed by atoms with Crippen molar-refractivity contribution < 1.29 is 14.3 Å². The topological polar surface area (TPSA) is 77.4 Å². The van der Waals surface area contributed by atoms with Crippen molar-refractivity contribution in [2.24, 2.45) is 0 Å². The summed E-state index contributed by atoms with van der Waals surface area (Å²) in [4.78, 5) is 11.8. The molecular weight excluding hydrogens is 284 g/mol. The van der Waals surface area contributed by atoms with Gasteiger partial charge in [-0.15, -0.1) is 0 Å². The van der Waals surface area contributed by atoms with Crippen LogP contribution in [0, 0.1) is 6.92 Å². The van der Waals surface area contributed by atoms with E-state index in [0.717, 1.165) is 18.7 Å².